The number of nitrogens with one attached hydrogen (secondary N) is 1. The van der Waals surface area contributed by atoms with E-state index in [1.165, 1.54) is 11.9 Å². The van der Waals surface area contributed by atoms with Gasteiger partial charge >= 0.3 is 0 Å². The van der Waals surface area contributed by atoms with Crippen molar-refractivity contribution in [3.05, 3.63) is 23.9 Å². The van der Waals surface area contributed by atoms with Crippen LogP contribution in [0.4, 0.5) is 0 Å². The molecule has 0 unspecified atom stereocenters. The molecular weight excluding hydrogens is 132 g/mol. The maximum Gasteiger partial charge on any atom is 0.0220 e. The first kappa shape index (κ1) is 8.59. The highest BCUT2D eigenvalue weighted by Gasteiger charge is 1.85. The van der Waals surface area contributed by atoms with Crippen molar-refractivity contribution in [1.82, 2.24) is 5.32 Å². The van der Waals surface area contributed by atoms with E-state index in [-0.39, 0.29) is 0 Å². The second-order valence-electron chi connectivity index (χ2n) is 1.48. The van der Waals surface area contributed by atoms with Gasteiger partial charge in [-0.3, -0.25) is 5.14 Å². The molecule has 3 heteroatoms. The minimum absolute atomic E-state index is 0.955. The molecule has 9 heavy (non-hydrogen) atoms. The number of hydrogen-bond donors (Lipinski definition) is 2. The zero-order chi connectivity index (χ0) is 7.11. The Kier molecular flexibility index (Phi) is 5.46. The summed E-state index contributed by atoms with van der Waals surface area (Å²) in [5.74, 6) is 0. The van der Waals surface area contributed by atoms with Gasteiger partial charge in [0.1, 0.15) is 0 Å². The molecule has 0 aliphatic carbocycles. The van der Waals surface area contributed by atoms with E-state index in [0.717, 1.165) is 12.1 Å². The second-order valence-corrected chi connectivity index (χ2v) is 1.99. The van der Waals surface area contributed by atoms with Gasteiger partial charge in [0.2, 0.25) is 0 Å². The predicted molar refractivity (Wildman–Crippen MR) is 43.5 cm³/mol. The molecule has 0 aliphatic heterocycles. The highest BCUT2D eigenvalue weighted by atomic mass is 32.2. The number of allylic oxidation sites excluding steroid dienone is 1. The zero-order valence-electron chi connectivity index (χ0n) is 5.55. The average molecular weight is 144 g/mol. The van der Waals surface area contributed by atoms with Crippen LogP contribution in [0.15, 0.2) is 23.9 Å². The Morgan fingerprint density at radius 2 is 2.56 bits per heavy atom. The zero-order valence-corrected chi connectivity index (χ0v) is 6.37. The van der Waals surface area contributed by atoms with Crippen molar-refractivity contribution in [1.29, 1.82) is 0 Å². The van der Waals surface area contributed by atoms with E-state index in [2.05, 4.69) is 18.8 Å². The molecule has 0 aliphatic rings. The van der Waals surface area contributed by atoms with Gasteiger partial charge in [0.05, 0.1) is 0 Å². The first-order valence-corrected chi connectivity index (χ1v) is 3.71. The van der Waals surface area contributed by atoms with Crippen LogP contribution >= 0.6 is 11.9 Å². The molecule has 0 aromatic rings. The van der Waals surface area contributed by atoms with Crippen LogP contribution in [0.1, 0.15) is 13.3 Å². The molecule has 0 aromatic carbocycles. The molecule has 0 spiro atoms. The molecule has 0 radical (unpaired) electrons. The molecule has 3 N–H and O–H groups in total. The smallest absolute Gasteiger partial charge is 0.0220 e. The molecule has 0 fully saturated rings. The van der Waals surface area contributed by atoms with E-state index in [4.69, 9.17) is 5.14 Å². The van der Waals surface area contributed by atoms with Gasteiger partial charge in [-0.05, 0) is 12.6 Å². The van der Waals surface area contributed by atoms with Crippen LogP contribution in [-0.4, -0.2) is 0 Å². The van der Waals surface area contributed by atoms with E-state index in [1.54, 1.807) is 6.20 Å². The third-order valence-electron chi connectivity index (χ3n) is 0.879. The van der Waals surface area contributed by atoms with Crippen molar-refractivity contribution in [3.63, 3.8) is 0 Å². The van der Waals surface area contributed by atoms with Crippen LogP contribution in [0.25, 0.3) is 0 Å². The van der Waals surface area contributed by atoms with Gasteiger partial charge in [0, 0.05) is 11.1 Å². The fourth-order valence-corrected chi connectivity index (χ4v) is 0.832. The van der Waals surface area contributed by atoms with Gasteiger partial charge in [0.25, 0.3) is 0 Å². The van der Waals surface area contributed by atoms with Crippen LogP contribution in [0.2, 0.25) is 0 Å². The molecule has 0 saturated carbocycles. The van der Waals surface area contributed by atoms with Gasteiger partial charge < -0.3 is 5.32 Å². The average Bonchev–Trinajstić information content (AvgIpc) is 1.88. The van der Waals surface area contributed by atoms with Crippen molar-refractivity contribution < 1.29 is 0 Å². The Morgan fingerprint density at radius 3 is 2.89 bits per heavy atom. The lowest BCUT2D eigenvalue weighted by Gasteiger charge is -2.00. The van der Waals surface area contributed by atoms with Crippen molar-refractivity contribution in [2.24, 2.45) is 5.14 Å². The Morgan fingerprint density at radius 1 is 1.89 bits per heavy atom. The van der Waals surface area contributed by atoms with Crippen LogP contribution < -0.4 is 10.5 Å². The molecule has 0 atom stereocenters. The maximum atomic E-state index is 5.20. The molecule has 52 valence electrons. The van der Waals surface area contributed by atoms with Crippen molar-refractivity contribution in [2.45, 2.75) is 13.3 Å². The first-order valence-electron chi connectivity index (χ1n) is 2.77. The Balaban J connectivity index is 3.65. The molecule has 0 aromatic heterocycles. The number of nitrogens with two attached hydrogens (primary N) is 1. The van der Waals surface area contributed by atoms with Gasteiger partial charge in [-0.15, -0.1) is 0 Å². The molecule has 0 rings (SSSR count). The quantitative estimate of drug-likeness (QED) is 0.588. The third kappa shape index (κ3) is 4.12. The van der Waals surface area contributed by atoms with Crippen molar-refractivity contribution >= 4 is 11.9 Å². The summed E-state index contributed by atoms with van der Waals surface area (Å²) in [7, 11) is 0. The fourth-order valence-electron chi connectivity index (χ4n) is 0.433. The molecule has 0 heterocycles. The van der Waals surface area contributed by atoms with E-state index < -0.39 is 0 Å². The lowest BCUT2D eigenvalue weighted by atomic mass is 10.4. The van der Waals surface area contributed by atoms with Gasteiger partial charge in [-0.2, -0.15) is 0 Å². The van der Waals surface area contributed by atoms with E-state index in [9.17, 15) is 0 Å². The summed E-state index contributed by atoms with van der Waals surface area (Å²) in [6, 6.07) is 0. The SMILES string of the molecule is C=CNC(=CSN)CC. The van der Waals surface area contributed by atoms with Crippen LogP contribution in [0, 0.1) is 0 Å². The summed E-state index contributed by atoms with van der Waals surface area (Å²) in [4.78, 5) is 0. The van der Waals surface area contributed by atoms with E-state index in [1.807, 2.05) is 5.41 Å². The summed E-state index contributed by atoms with van der Waals surface area (Å²) in [5, 5.41) is 10.0. The molecule has 0 amide bonds. The standard InChI is InChI=1S/C6H12N2S/c1-3-6(5-9-7)8-4-2/h4-5,8H,2-3,7H2,1H3. The maximum absolute atomic E-state index is 5.20. The normalized spacial score (nSPS) is 11.1. The molecule has 2 nitrogen and oxygen atoms in total. The molecular formula is C6H12N2S. The van der Waals surface area contributed by atoms with E-state index in [0.29, 0.717) is 0 Å². The summed E-state index contributed by atoms with van der Waals surface area (Å²) in [5.41, 5.74) is 1.09. The Bertz CT molecular complexity index is 110. The number of rotatable bonds is 4. The minimum Gasteiger partial charge on any atom is -0.365 e. The van der Waals surface area contributed by atoms with Gasteiger partial charge in [-0.25, -0.2) is 0 Å². The van der Waals surface area contributed by atoms with Crippen LogP contribution in [-0.2, 0) is 0 Å². The first-order chi connectivity index (χ1) is 4.35. The van der Waals surface area contributed by atoms with Crippen molar-refractivity contribution in [3.8, 4) is 0 Å². The van der Waals surface area contributed by atoms with E-state index >= 15 is 0 Å². The lowest BCUT2D eigenvalue weighted by molar-refractivity contribution is 0.952. The van der Waals surface area contributed by atoms with Gasteiger partial charge in [-0.1, -0.05) is 25.5 Å². The summed E-state index contributed by atoms with van der Waals surface area (Å²) < 4.78 is 0. The van der Waals surface area contributed by atoms with Crippen LogP contribution in [0.3, 0.4) is 0 Å². The minimum atomic E-state index is 0.955. The van der Waals surface area contributed by atoms with Crippen LogP contribution in [0.5, 0.6) is 0 Å². The predicted octanol–water partition coefficient (Wildman–Crippen LogP) is 1.58. The topological polar surface area (TPSA) is 38.0 Å². The Labute approximate surface area is 60.3 Å². The lowest BCUT2D eigenvalue weighted by Crippen LogP contribution is -2.02. The monoisotopic (exact) mass is 144 g/mol. The van der Waals surface area contributed by atoms with Gasteiger partial charge in [0.15, 0.2) is 0 Å². The van der Waals surface area contributed by atoms with Crippen molar-refractivity contribution in [2.75, 3.05) is 0 Å². The molecule has 0 saturated heterocycles. The second kappa shape index (κ2) is 5.72. The largest absolute Gasteiger partial charge is 0.365 e. The summed E-state index contributed by atoms with van der Waals surface area (Å²) in [6.07, 6.45) is 2.60. The number of hydrogen-bond acceptors (Lipinski definition) is 3. The summed E-state index contributed by atoms with van der Waals surface area (Å²) >= 11 is 1.20. The molecule has 0 bridgehead atoms. The highest BCUT2D eigenvalue weighted by molar-refractivity contribution is 7.99. The Hall–Kier alpha value is -0.410. The summed E-state index contributed by atoms with van der Waals surface area (Å²) in [6.45, 7) is 5.58. The fraction of sp³-hybridized carbons (Fsp3) is 0.333. The third-order valence-corrected chi connectivity index (χ3v) is 1.30. The highest BCUT2D eigenvalue weighted by Crippen LogP contribution is 2.00.